The maximum absolute atomic E-state index is 2.65. The van der Waals surface area contributed by atoms with Crippen LogP contribution in [0.25, 0.3) is 0 Å². The molecule has 0 aromatic rings. The van der Waals surface area contributed by atoms with Crippen LogP contribution in [0.3, 0.4) is 0 Å². The SMILES string of the molecule is CC[C@@H]1CCC(C)N(C(C)C)C1. The van der Waals surface area contributed by atoms with Crippen molar-refractivity contribution < 1.29 is 0 Å². The van der Waals surface area contributed by atoms with Gasteiger partial charge in [-0.2, -0.15) is 0 Å². The summed E-state index contributed by atoms with van der Waals surface area (Å²) >= 11 is 0. The second-order valence-electron chi connectivity index (χ2n) is 4.49. The molecule has 1 heterocycles. The zero-order valence-electron chi connectivity index (χ0n) is 9.01. The molecule has 1 unspecified atom stereocenters. The van der Waals surface area contributed by atoms with Crippen LogP contribution in [0, 0.1) is 5.92 Å². The molecular weight excluding hydrogens is 146 g/mol. The number of rotatable bonds is 2. The highest BCUT2D eigenvalue weighted by Crippen LogP contribution is 2.25. The van der Waals surface area contributed by atoms with Crippen molar-refractivity contribution in [1.29, 1.82) is 0 Å². The summed E-state index contributed by atoms with van der Waals surface area (Å²) < 4.78 is 0. The molecule has 1 saturated heterocycles. The number of piperidine rings is 1. The summed E-state index contributed by atoms with van der Waals surface area (Å²) in [6, 6.07) is 1.54. The van der Waals surface area contributed by atoms with E-state index >= 15 is 0 Å². The topological polar surface area (TPSA) is 3.24 Å². The minimum Gasteiger partial charge on any atom is -0.298 e. The molecule has 12 heavy (non-hydrogen) atoms. The van der Waals surface area contributed by atoms with Gasteiger partial charge in [0.25, 0.3) is 0 Å². The van der Waals surface area contributed by atoms with Crippen molar-refractivity contribution in [3.63, 3.8) is 0 Å². The molecule has 0 spiro atoms. The molecule has 0 aromatic carbocycles. The van der Waals surface area contributed by atoms with Crippen molar-refractivity contribution in [2.24, 2.45) is 5.92 Å². The first-order valence-corrected chi connectivity index (χ1v) is 5.40. The molecule has 1 nitrogen and oxygen atoms in total. The van der Waals surface area contributed by atoms with Crippen LogP contribution in [0.2, 0.25) is 0 Å². The molecule has 1 aliphatic heterocycles. The summed E-state index contributed by atoms with van der Waals surface area (Å²) in [7, 11) is 0. The summed E-state index contributed by atoms with van der Waals surface area (Å²) in [6.45, 7) is 10.6. The van der Waals surface area contributed by atoms with Gasteiger partial charge in [0.1, 0.15) is 0 Å². The Balaban J connectivity index is 2.47. The Morgan fingerprint density at radius 3 is 2.50 bits per heavy atom. The Morgan fingerprint density at radius 2 is 2.00 bits per heavy atom. The van der Waals surface area contributed by atoms with Crippen molar-refractivity contribution in [1.82, 2.24) is 4.90 Å². The third-order valence-corrected chi connectivity index (χ3v) is 3.27. The second kappa shape index (κ2) is 4.27. The Hall–Kier alpha value is -0.0400. The normalized spacial score (nSPS) is 32.8. The van der Waals surface area contributed by atoms with Gasteiger partial charge in [0, 0.05) is 18.6 Å². The molecule has 0 radical (unpaired) electrons. The molecule has 1 aliphatic rings. The fourth-order valence-electron chi connectivity index (χ4n) is 2.27. The molecule has 1 heteroatoms. The van der Waals surface area contributed by atoms with Crippen molar-refractivity contribution in [3.05, 3.63) is 0 Å². The van der Waals surface area contributed by atoms with Crippen molar-refractivity contribution in [3.8, 4) is 0 Å². The van der Waals surface area contributed by atoms with Gasteiger partial charge in [-0.15, -0.1) is 0 Å². The molecule has 1 fully saturated rings. The average molecular weight is 169 g/mol. The highest BCUT2D eigenvalue weighted by Gasteiger charge is 2.25. The third-order valence-electron chi connectivity index (χ3n) is 3.27. The van der Waals surface area contributed by atoms with Crippen LogP contribution < -0.4 is 0 Å². The minimum atomic E-state index is 0.731. The summed E-state index contributed by atoms with van der Waals surface area (Å²) in [5.74, 6) is 0.962. The molecule has 0 amide bonds. The number of hydrogen-bond donors (Lipinski definition) is 0. The van der Waals surface area contributed by atoms with Crippen molar-refractivity contribution >= 4 is 0 Å². The fraction of sp³-hybridized carbons (Fsp3) is 1.00. The van der Waals surface area contributed by atoms with Crippen LogP contribution in [0.4, 0.5) is 0 Å². The maximum atomic E-state index is 2.65. The van der Waals surface area contributed by atoms with Crippen molar-refractivity contribution in [2.75, 3.05) is 6.54 Å². The highest BCUT2D eigenvalue weighted by atomic mass is 15.2. The Morgan fingerprint density at radius 1 is 1.33 bits per heavy atom. The number of likely N-dealkylation sites (tertiary alicyclic amines) is 1. The quantitative estimate of drug-likeness (QED) is 0.614. The lowest BCUT2D eigenvalue weighted by Gasteiger charge is -2.40. The van der Waals surface area contributed by atoms with Crippen LogP contribution in [-0.2, 0) is 0 Å². The standard InChI is InChI=1S/C11H23N/c1-5-11-7-6-10(4)12(8-11)9(2)3/h9-11H,5-8H2,1-4H3/t10?,11-/m1/s1. The predicted molar refractivity (Wildman–Crippen MR) is 54.3 cm³/mol. The summed E-state index contributed by atoms with van der Waals surface area (Å²) in [5.41, 5.74) is 0. The highest BCUT2D eigenvalue weighted by molar-refractivity contribution is 4.80. The summed E-state index contributed by atoms with van der Waals surface area (Å²) in [4.78, 5) is 2.65. The number of nitrogens with zero attached hydrogens (tertiary/aromatic N) is 1. The van der Waals surface area contributed by atoms with Gasteiger partial charge in [-0.25, -0.2) is 0 Å². The van der Waals surface area contributed by atoms with E-state index in [2.05, 4.69) is 32.6 Å². The summed E-state index contributed by atoms with van der Waals surface area (Å²) in [6.07, 6.45) is 4.20. The minimum absolute atomic E-state index is 0.731. The lowest BCUT2D eigenvalue weighted by Crippen LogP contribution is -2.45. The van der Waals surface area contributed by atoms with E-state index in [1.165, 1.54) is 25.8 Å². The van der Waals surface area contributed by atoms with Gasteiger partial charge in [-0.3, -0.25) is 4.90 Å². The van der Waals surface area contributed by atoms with Gasteiger partial charge < -0.3 is 0 Å². The largest absolute Gasteiger partial charge is 0.298 e. The zero-order valence-corrected chi connectivity index (χ0v) is 9.01. The maximum Gasteiger partial charge on any atom is 0.00698 e. The van der Waals surface area contributed by atoms with Crippen LogP contribution in [0.15, 0.2) is 0 Å². The predicted octanol–water partition coefficient (Wildman–Crippen LogP) is 2.91. The fourth-order valence-corrected chi connectivity index (χ4v) is 2.27. The molecular formula is C11H23N. The molecule has 0 aliphatic carbocycles. The van der Waals surface area contributed by atoms with Gasteiger partial charge in [-0.1, -0.05) is 13.3 Å². The van der Waals surface area contributed by atoms with E-state index in [1.54, 1.807) is 0 Å². The van der Waals surface area contributed by atoms with Gasteiger partial charge in [0.05, 0.1) is 0 Å². The van der Waals surface area contributed by atoms with E-state index in [1.807, 2.05) is 0 Å². The monoisotopic (exact) mass is 169 g/mol. The molecule has 0 saturated carbocycles. The first-order valence-electron chi connectivity index (χ1n) is 5.40. The molecule has 2 atom stereocenters. The Kier molecular flexibility index (Phi) is 3.57. The van der Waals surface area contributed by atoms with Gasteiger partial charge in [0.15, 0.2) is 0 Å². The van der Waals surface area contributed by atoms with Gasteiger partial charge in [0.2, 0.25) is 0 Å². The average Bonchev–Trinajstić information content (AvgIpc) is 2.05. The van der Waals surface area contributed by atoms with Gasteiger partial charge in [-0.05, 0) is 39.5 Å². The Bertz CT molecular complexity index is 131. The molecule has 0 N–H and O–H groups in total. The first kappa shape index (κ1) is 10.0. The molecule has 1 rings (SSSR count). The van der Waals surface area contributed by atoms with E-state index in [9.17, 15) is 0 Å². The zero-order chi connectivity index (χ0) is 9.14. The molecule has 72 valence electrons. The van der Waals surface area contributed by atoms with E-state index in [-0.39, 0.29) is 0 Å². The van der Waals surface area contributed by atoms with E-state index < -0.39 is 0 Å². The smallest absolute Gasteiger partial charge is 0.00698 e. The number of hydrogen-bond acceptors (Lipinski definition) is 1. The molecule has 0 bridgehead atoms. The first-order chi connectivity index (χ1) is 5.65. The van der Waals surface area contributed by atoms with E-state index in [0.29, 0.717) is 0 Å². The van der Waals surface area contributed by atoms with E-state index in [4.69, 9.17) is 0 Å². The Labute approximate surface area is 77.1 Å². The van der Waals surface area contributed by atoms with Crippen LogP contribution >= 0.6 is 0 Å². The second-order valence-corrected chi connectivity index (χ2v) is 4.49. The van der Waals surface area contributed by atoms with Crippen LogP contribution in [0.1, 0.15) is 47.0 Å². The lowest BCUT2D eigenvalue weighted by molar-refractivity contribution is 0.0849. The summed E-state index contributed by atoms with van der Waals surface area (Å²) in [5, 5.41) is 0. The van der Waals surface area contributed by atoms with Crippen molar-refractivity contribution in [2.45, 2.75) is 59.0 Å². The third kappa shape index (κ3) is 2.22. The van der Waals surface area contributed by atoms with Crippen LogP contribution in [-0.4, -0.2) is 23.5 Å². The van der Waals surface area contributed by atoms with Gasteiger partial charge >= 0.3 is 0 Å². The van der Waals surface area contributed by atoms with E-state index in [0.717, 1.165) is 18.0 Å². The van der Waals surface area contributed by atoms with Crippen LogP contribution in [0.5, 0.6) is 0 Å². The lowest BCUT2D eigenvalue weighted by atomic mass is 9.91. The molecule has 0 aromatic heterocycles.